The molecule has 2 aromatic rings. The maximum Gasteiger partial charge on any atom is 0.234 e. The van der Waals surface area contributed by atoms with Crippen LogP contribution in [0.25, 0.3) is 0 Å². The molecule has 25 heavy (non-hydrogen) atoms. The second-order valence-electron chi connectivity index (χ2n) is 6.43. The third-order valence-electron chi connectivity index (χ3n) is 4.32. The summed E-state index contributed by atoms with van der Waals surface area (Å²) < 4.78 is 0. The van der Waals surface area contributed by atoms with Crippen LogP contribution in [-0.4, -0.2) is 40.6 Å². The van der Waals surface area contributed by atoms with Crippen molar-refractivity contribution < 1.29 is 9.90 Å². The summed E-state index contributed by atoms with van der Waals surface area (Å²) in [6, 6.07) is 10.0. The van der Waals surface area contributed by atoms with Crippen molar-refractivity contribution in [3.05, 3.63) is 65.0 Å². The highest BCUT2D eigenvalue weighted by Crippen LogP contribution is 2.16. The molecule has 0 saturated carbocycles. The minimum atomic E-state index is -0.0545. The fourth-order valence-corrected chi connectivity index (χ4v) is 2.71. The summed E-state index contributed by atoms with van der Waals surface area (Å²) in [4.78, 5) is 18.4. The first-order valence-electron chi connectivity index (χ1n) is 8.58. The molecule has 1 atom stereocenters. The van der Waals surface area contributed by atoms with E-state index in [1.54, 1.807) is 12.4 Å². The second kappa shape index (κ2) is 9.30. The standard InChI is InChI=1S/C20H27N3O2/c1-15-6-7-19(11-16(15)2)17(3)22-20(25)14-23(9-10-24)13-18-5-4-8-21-12-18/h4-8,11-12,17,24H,9-10,13-14H2,1-3H3,(H,22,25). The van der Waals surface area contributed by atoms with Crippen molar-refractivity contribution >= 4 is 5.91 Å². The van der Waals surface area contributed by atoms with Crippen LogP contribution in [0.2, 0.25) is 0 Å². The van der Waals surface area contributed by atoms with E-state index in [1.165, 1.54) is 11.1 Å². The molecule has 0 aliphatic rings. The lowest BCUT2D eigenvalue weighted by Crippen LogP contribution is -2.39. The highest BCUT2D eigenvalue weighted by atomic mass is 16.3. The molecular weight excluding hydrogens is 314 g/mol. The minimum Gasteiger partial charge on any atom is -0.395 e. The molecule has 5 nitrogen and oxygen atoms in total. The van der Waals surface area contributed by atoms with Gasteiger partial charge in [-0.2, -0.15) is 0 Å². The molecule has 1 aromatic carbocycles. The Morgan fingerprint density at radius 2 is 2.08 bits per heavy atom. The number of nitrogens with one attached hydrogen (secondary N) is 1. The number of hydrogen-bond acceptors (Lipinski definition) is 4. The average molecular weight is 341 g/mol. The van der Waals surface area contributed by atoms with E-state index in [2.05, 4.69) is 42.3 Å². The Kier molecular flexibility index (Phi) is 7.10. The largest absolute Gasteiger partial charge is 0.395 e. The molecule has 0 spiro atoms. The summed E-state index contributed by atoms with van der Waals surface area (Å²) >= 11 is 0. The number of aryl methyl sites for hydroxylation is 2. The SMILES string of the molecule is Cc1ccc(C(C)NC(=O)CN(CCO)Cc2cccnc2)cc1C. The van der Waals surface area contributed by atoms with E-state index in [0.29, 0.717) is 13.1 Å². The lowest BCUT2D eigenvalue weighted by molar-refractivity contribution is -0.123. The Labute approximate surface area is 149 Å². The van der Waals surface area contributed by atoms with Crippen LogP contribution in [-0.2, 0) is 11.3 Å². The van der Waals surface area contributed by atoms with Gasteiger partial charge in [0.1, 0.15) is 0 Å². The zero-order chi connectivity index (χ0) is 18.2. The van der Waals surface area contributed by atoms with E-state index in [4.69, 9.17) is 0 Å². The maximum absolute atomic E-state index is 12.4. The smallest absolute Gasteiger partial charge is 0.234 e. The highest BCUT2D eigenvalue weighted by molar-refractivity contribution is 5.78. The Morgan fingerprint density at radius 3 is 2.72 bits per heavy atom. The molecule has 134 valence electrons. The molecule has 0 radical (unpaired) electrons. The number of aromatic nitrogens is 1. The molecule has 5 heteroatoms. The van der Waals surface area contributed by atoms with Crippen molar-refractivity contribution in [1.29, 1.82) is 0 Å². The number of amides is 1. The quantitative estimate of drug-likeness (QED) is 0.774. The lowest BCUT2D eigenvalue weighted by atomic mass is 10.0. The van der Waals surface area contributed by atoms with Gasteiger partial charge >= 0.3 is 0 Å². The molecule has 2 rings (SSSR count). The van der Waals surface area contributed by atoms with Gasteiger partial charge in [-0.1, -0.05) is 24.3 Å². The van der Waals surface area contributed by atoms with Gasteiger partial charge in [-0.25, -0.2) is 0 Å². The molecule has 0 aliphatic heterocycles. The van der Waals surface area contributed by atoms with Gasteiger partial charge in [-0.15, -0.1) is 0 Å². The second-order valence-corrected chi connectivity index (χ2v) is 6.43. The molecule has 1 aromatic heterocycles. The number of hydrogen-bond donors (Lipinski definition) is 2. The topological polar surface area (TPSA) is 65.5 Å². The predicted molar refractivity (Wildman–Crippen MR) is 99.1 cm³/mol. The minimum absolute atomic E-state index is 0.0141. The number of aliphatic hydroxyl groups excluding tert-OH is 1. The number of aliphatic hydroxyl groups is 1. The van der Waals surface area contributed by atoms with Crippen LogP contribution in [0.3, 0.4) is 0 Å². The molecule has 0 aliphatic carbocycles. The van der Waals surface area contributed by atoms with Gasteiger partial charge in [0.2, 0.25) is 5.91 Å². The highest BCUT2D eigenvalue weighted by Gasteiger charge is 2.14. The van der Waals surface area contributed by atoms with Crippen LogP contribution in [0, 0.1) is 13.8 Å². The Hall–Kier alpha value is -2.24. The Morgan fingerprint density at radius 1 is 1.28 bits per heavy atom. The summed E-state index contributed by atoms with van der Waals surface area (Å²) in [5.41, 5.74) is 4.58. The molecule has 1 unspecified atom stereocenters. The van der Waals surface area contributed by atoms with E-state index in [9.17, 15) is 9.90 Å². The third-order valence-corrected chi connectivity index (χ3v) is 4.32. The molecule has 0 saturated heterocycles. The third kappa shape index (κ3) is 5.96. The van der Waals surface area contributed by atoms with Crippen LogP contribution in [0.1, 0.15) is 35.2 Å². The Bertz CT molecular complexity index is 689. The number of carbonyl (C=O) groups excluding carboxylic acids is 1. The van der Waals surface area contributed by atoms with Crippen molar-refractivity contribution in [2.75, 3.05) is 19.7 Å². The summed E-state index contributed by atoms with van der Waals surface area (Å²) in [6.45, 7) is 7.42. The lowest BCUT2D eigenvalue weighted by Gasteiger charge is -2.22. The summed E-state index contributed by atoms with van der Waals surface area (Å²) in [6.07, 6.45) is 3.50. The number of benzene rings is 1. The van der Waals surface area contributed by atoms with E-state index in [1.807, 2.05) is 24.0 Å². The van der Waals surface area contributed by atoms with Gasteiger partial charge in [0, 0.05) is 25.5 Å². The number of nitrogens with zero attached hydrogens (tertiary/aromatic N) is 2. The molecule has 0 fully saturated rings. The molecular formula is C20H27N3O2. The fourth-order valence-electron chi connectivity index (χ4n) is 2.71. The van der Waals surface area contributed by atoms with Gasteiger partial charge in [0.05, 0.1) is 19.2 Å². The normalized spacial score (nSPS) is 12.2. The van der Waals surface area contributed by atoms with Crippen LogP contribution in [0.4, 0.5) is 0 Å². The van der Waals surface area contributed by atoms with Gasteiger partial charge in [-0.05, 0) is 49.1 Å². The van der Waals surface area contributed by atoms with Crippen LogP contribution >= 0.6 is 0 Å². The van der Waals surface area contributed by atoms with Gasteiger partial charge < -0.3 is 10.4 Å². The van der Waals surface area contributed by atoms with Gasteiger partial charge in [0.25, 0.3) is 0 Å². The Balaban J connectivity index is 1.94. The summed E-state index contributed by atoms with van der Waals surface area (Å²) in [5, 5.41) is 12.3. The molecule has 1 amide bonds. The molecule has 1 heterocycles. The van der Waals surface area contributed by atoms with Gasteiger partial charge in [0.15, 0.2) is 0 Å². The first-order valence-corrected chi connectivity index (χ1v) is 8.58. The molecule has 0 bridgehead atoms. The summed E-state index contributed by atoms with van der Waals surface area (Å²) in [7, 11) is 0. The number of carbonyl (C=O) groups is 1. The van der Waals surface area contributed by atoms with Crippen LogP contribution < -0.4 is 5.32 Å². The monoisotopic (exact) mass is 341 g/mol. The van der Waals surface area contributed by atoms with Crippen molar-refractivity contribution in [3.8, 4) is 0 Å². The summed E-state index contributed by atoms with van der Waals surface area (Å²) in [5.74, 6) is -0.0527. The van der Waals surface area contributed by atoms with Gasteiger partial charge in [-0.3, -0.25) is 14.7 Å². The van der Waals surface area contributed by atoms with Crippen molar-refractivity contribution in [2.24, 2.45) is 0 Å². The van der Waals surface area contributed by atoms with Crippen molar-refractivity contribution in [3.63, 3.8) is 0 Å². The van der Waals surface area contributed by atoms with E-state index >= 15 is 0 Å². The number of pyridine rings is 1. The predicted octanol–water partition coefficient (Wildman–Crippen LogP) is 2.37. The number of rotatable bonds is 8. The zero-order valence-electron chi connectivity index (χ0n) is 15.2. The van der Waals surface area contributed by atoms with E-state index in [-0.39, 0.29) is 25.1 Å². The average Bonchev–Trinajstić information content (AvgIpc) is 2.58. The van der Waals surface area contributed by atoms with Crippen molar-refractivity contribution in [2.45, 2.75) is 33.4 Å². The maximum atomic E-state index is 12.4. The van der Waals surface area contributed by atoms with E-state index < -0.39 is 0 Å². The van der Waals surface area contributed by atoms with Crippen LogP contribution in [0.5, 0.6) is 0 Å². The van der Waals surface area contributed by atoms with E-state index in [0.717, 1.165) is 11.1 Å². The first-order chi connectivity index (χ1) is 12.0. The molecule has 2 N–H and O–H groups in total. The van der Waals surface area contributed by atoms with Crippen molar-refractivity contribution in [1.82, 2.24) is 15.2 Å². The van der Waals surface area contributed by atoms with Crippen LogP contribution in [0.15, 0.2) is 42.7 Å². The zero-order valence-corrected chi connectivity index (χ0v) is 15.2. The first kappa shape index (κ1) is 19.1. The fraction of sp³-hybridized carbons (Fsp3) is 0.400.